The maximum absolute atomic E-state index is 12.4. The van der Waals surface area contributed by atoms with Gasteiger partial charge < -0.3 is 10.6 Å². The van der Waals surface area contributed by atoms with E-state index in [9.17, 15) is 4.79 Å². The van der Waals surface area contributed by atoms with Crippen LogP contribution in [0.15, 0.2) is 18.2 Å². The zero-order valence-corrected chi connectivity index (χ0v) is 13.8. The lowest BCUT2D eigenvalue weighted by Crippen LogP contribution is -2.48. The number of rotatable bonds is 2. The number of thiophene rings is 1. The van der Waals surface area contributed by atoms with Gasteiger partial charge in [-0.3, -0.25) is 4.79 Å². The molecule has 1 aromatic carbocycles. The number of piperidine rings is 1. The highest BCUT2D eigenvalue weighted by Crippen LogP contribution is 2.33. The predicted molar refractivity (Wildman–Crippen MR) is 89.5 cm³/mol. The van der Waals surface area contributed by atoms with Gasteiger partial charge in [0, 0.05) is 27.7 Å². The average molecular weight is 323 g/mol. The molecular formula is C16H19ClN2OS. The second-order valence-corrected chi connectivity index (χ2v) is 7.35. The summed E-state index contributed by atoms with van der Waals surface area (Å²) in [5.74, 6) is 0.607. The molecule has 2 N–H and O–H groups in total. The van der Waals surface area contributed by atoms with Crippen molar-refractivity contribution in [3.8, 4) is 0 Å². The summed E-state index contributed by atoms with van der Waals surface area (Å²) in [5, 5.41) is 8.17. The van der Waals surface area contributed by atoms with Gasteiger partial charge in [0.15, 0.2) is 0 Å². The number of hydrogen-bond acceptors (Lipinski definition) is 3. The standard InChI is InChI=1S/C16H19ClN2OS/c1-9-5-11(8-18-7-9)19-16(20)14-6-12-13(17)4-3-10(2)15(12)21-14/h3-4,6,9,11,18H,5,7-8H2,1-2H3,(H,19,20). The highest BCUT2D eigenvalue weighted by molar-refractivity contribution is 7.21. The third-order valence-electron chi connectivity index (χ3n) is 3.96. The number of carbonyl (C=O) groups excluding carboxylic acids is 1. The molecule has 112 valence electrons. The van der Waals surface area contributed by atoms with Crippen molar-refractivity contribution in [1.29, 1.82) is 0 Å². The lowest BCUT2D eigenvalue weighted by molar-refractivity contribution is 0.0929. The first-order chi connectivity index (χ1) is 10.0. The Morgan fingerprint density at radius 1 is 1.43 bits per heavy atom. The zero-order valence-electron chi connectivity index (χ0n) is 12.2. The molecule has 3 rings (SSSR count). The lowest BCUT2D eigenvalue weighted by Gasteiger charge is -2.28. The van der Waals surface area contributed by atoms with E-state index in [2.05, 4.69) is 17.6 Å². The normalized spacial score (nSPS) is 22.4. The summed E-state index contributed by atoms with van der Waals surface area (Å²) in [5.41, 5.74) is 1.16. The van der Waals surface area contributed by atoms with Crippen LogP contribution < -0.4 is 10.6 Å². The van der Waals surface area contributed by atoms with Gasteiger partial charge in [-0.05, 0) is 43.5 Å². The highest BCUT2D eigenvalue weighted by atomic mass is 35.5. The topological polar surface area (TPSA) is 41.1 Å². The van der Waals surface area contributed by atoms with Crippen molar-refractivity contribution in [1.82, 2.24) is 10.6 Å². The first-order valence-corrected chi connectivity index (χ1v) is 8.44. The quantitative estimate of drug-likeness (QED) is 0.887. The van der Waals surface area contributed by atoms with Gasteiger partial charge in [-0.2, -0.15) is 0 Å². The molecule has 2 atom stereocenters. The maximum Gasteiger partial charge on any atom is 0.261 e. The first kappa shape index (κ1) is 14.8. The Labute approximate surface area is 133 Å². The van der Waals surface area contributed by atoms with Crippen molar-refractivity contribution in [2.75, 3.05) is 13.1 Å². The summed E-state index contributed by atoms with van der Waals surface area (Å²) in [6.45, 7) is 6.13. The zero-order chi connectivity index (χ0) is 15.0. The fraction of sp³-hybridized carbons (Fsp3) is 0.438. The summed E-state index contributed by atoms with van der Waals surface area (Å²) in [4.78, 5) is 13.2. The molecule has 2 aromatic rings. The van der Waals surface area contributed by atoms with E-state index in [-0.39, 0.29) is 11.9 Å². The summed E-state index contributed by atoms with van der Waals surface area (Å²) >= 11 is 7.74. The van der Waals surface area contributed by atoms with Crippen molar-refractivity contribution >= 4 is 38.9 Å². The van der Waals surface area contributed by atoms with E-state index in [1.165, 1.54) is 11.3 Å². The highest BCUT2D eigenvalue weighted by Gasteiger charge is 2.21. The Kier molecular flexibility index (Phi) is 4.20. The molecule has 21 heavy (non-hydrogen) atoms. The van der Waals surface area contributed by atoms with Crippen LogP contribution in [-0.4, -0.2) is 25.0 Å². The minimum Gasteiger partial charge on any atom is -0.347 e. The third kappa shape index (κ3) is 3.07. The van der Waals surface area contributed by atoms with Gasteiger partial charge in [0.25, 0.3) is 5.91 Å². The smallest absolute Gasteiger partial charge is 0.261 e. The summed E-state index contributed by atoms with van der Waals surface area (Å²) in [6.07, 6.45) is 1.03. The van der Waals surface area contributed by atoms with Crippen LogP contribution in [0.2, 0.25) is 5.02 Å². The van der Waals surface area contributed by atoms with Crippen molar-refractivity contribution < 1.29 is 4.79 Å². The van der Waals surface area contributed by atoms with E-state index >= 15 is 0 Å². The van der Waals surface area contributed by atoms with Crippen LogP contribution in [0.1, 0.15) is 28.6 Å². The van der Waals surface area contributed by atoms with E-state index in [1.54, 1.807) is 0 Å². The van der Waals surface area contributed by atoms with Crippen LogP contribution in [0, 0.1) is 12.8 Å². The van der Waals surface area contributed by atoms with E-state index in [0.717, 1.165) is 40.0 Å². The number of aryl methyl sites for hydroxylation is 1. The number of fused-ring (bicyclic) bond motifs is 1. The number of hydrogen-bond donors (Lipinski definition) is 2. The van der Waals surface area contributed by atoms with Crippen LogP contribution >= 0.6 is 22.9 Å². The van der Waals surface area contributed by atoms with Crippen molar-refractivity contribution in [3.63, 3.8) is 0 Å². The summed E-state index contributed by atoms with van der Waals surface area (Å²) in [6, 6.07) is 6.00. The molecule has 1 amide bonds. The monoisotopic (exact) mass is 322 g/mol. The Morgan fingerprint density at radius 2 is 2.24 bits per heavy atom. The number of nitrogens with one attached hydrogen (secondary N) is 2. The molecule has 0 bridgehead atoms. The third-order valence-corrected chi connectivity index (χ3v) is 5.56. The van der Waals surface area contributed by atoms with E-state index < -0.39 is 0 Å². The minimum absolute atomic E-state index is 0.00701. The Morgan fingerprint density at radius 3 is 2.95 bits per heavy atom. The molecule has 2 unspecified atom stereocenters. The van der Waals surface area contributed by atoms with Gasteiger partial charge in [0.2, 0.25) is 0 Å². The SMILES string of the molecule is Cc1ccc(Cl)c2cc(C(=O)NC3CNCC(C)C3)sc12. The van der Waals surface area contributed by atoms with Gasteiger partial charge in [-0.1, -0.05) is 24.6 Å². The molecule has 3 nitrogen and oxygen atoms in total. The van der Waals surface area contributed by atoms with Gasteiger partial charge in [-0.25, -0.2) is 0 Å². The second-order valence-electron chi connectivity index (χ2n) is 5.89. The average Bonchev–Trinajstić information content (AvgIpc) is 2.89. The van der Waals surface area contributed by atoms with Gasteiger partial charge in [0.05, 0.1) is 4.88 Å². The summed E-state index contributed by atoms with van der Waals surface area (Å²) < 4.78 is 1.10. The predicted octanol–water partition coefficient (Wildman–Crippen LogP) is 3.59. The maximum atomic E-state index is 12.4. The molecule has 0 saturated carbocycles. The van der Waals surface area contributed by atoms with Gasteiger partial charge in [-0.15, -0.1) is 11.3 Å². The Hall–Kier alpha value is -1.10. The van der Waals surface area contributed by atoms with Gasteiger partial charge in [0.1, 0.15) is 0 Å². The molecule has 1 fully saturated rings. The van der Waals surface area contributed by atoms with Crippen LogP contribution in [0.5, 0.6) is 0 Å². The van der Waals surface area contributed by atoms with Crippen LogP contribution in [-0.2, 0) is 0 Å². The molecule has 1 aromatic heterocycles. The molecule has 1 aliphatic rings. The lowest BCUT2D eigenvalue weighted by atomic mass is 9.98. The Balaban J connectivity index is 1.81. The van der Waals surface area contributed by atoms with E-state index in [4.69, 9.17) is 11.6 Å². The molecule has 5 heteroatoms. The van der Waals surface area contributed by atoms with Crippen molar-refractivity contribution in [2.24, 2.45) is 5.92 Å². The molecule has 0 aliphatic carbocycles. The van der Waals surface area contributed by atoms with Crippen LogP contribution in [0.4, 0.5) is 0 Å². The van der Waals surface area contributed by atoms with E-state index in [0.29, 0.717) is 10.9 Å². The van der Waals surface area contributed by atoms with Crippen molar-refractivity contribution in [2.45, 2.75) is 26.3 Å². The molecule has 0 radical (unpaired) electrons. The molecular weight excluding hydrogens is 304 g/mol. The minimum atomic E-state index is 0.00701. The van der Waals surface area contributed by atoms with Crippen LogP contribution in [0.25, 0.3) is 10.1 Å². The molecule has 1 aliphatic heterocycles. The van der Waals surface area contributed by atoms with E-state index in [1.807, 2.05) is 25.1 Å². The van der Waals surface area contributed by atoms with Crippen molar-refractivity contribution in [3.05, 3.63) is 33.7 Å². The molecule has 1 saturated heterocycles. The first-order valence-electron chi connectivity index (χ1n) is 7.25. The number of carbonyl (C=O) groups is 1. The number of halogens is 1. The Bertz CT molecular complexity index is 643. The number of benzene rings is 1. The largest absolute Gasteiger partial charge is 0.347 e. The van der Waals surface area contributed by atoms with Crippen LogP contribution in [0.3, 0.4) is 0 Å². The fourth-order valence-electron chi connectivity index (χ4n) is 2.86. The molecule has 0 spiro atoms. The molecule has 2 heterocycles. The fourth-order valence-corrected chi connectivity index (χ4v) is 4.18. The second kappa shape index (κ2) is 5.95. The summed E-state index contributed by atoms with van der Waals surface area (Å²) in [7, 11) is 0. The van der Waals surface area contributed by atoms with Gasteiger partial charge >= 0.3 is 0 Å². The number of amides is 1.